The highest BCUT2D eigenvalue weighted by atomic mass is 32.2. The average molecular weight is 443 g/mol. The van der Waals surface area contributed by atoms with E-state index in [-0.39, 0.29) is 17.6 Å². The summed E-state index contributed by atoms with van der Waals surface area (Å²) in [6.45, 7) is 1.40. The summed E-state index contributed by atoms with van der Waals surface area (Å²) >= 11 is 1.14. The Morgan fingerprint density at radius 2 is 1.90 bits per heavy atom. The second-order valence-corrected chi connectivity index (χ2v) is 7.28. The average Bonchev–Trinajstić information content (AvgIpc) is 3.12. The van der Waals surface area contributed by atoms with Crippen LogP contribution in [0.15, 0.2) is 47.6 Å². The van der Waals surface area contributed by atoms with Gasteiger partial charge in [-0.3, -0.25) is 9.59 Å². The number of carbonyl (C=O) groups excluding carboxylic acids is 2. The minimum absolute atomic E-state index is 0.0426. The van der Waals surface area contributed by atoms with E-state index in [0.717, 1.165) is 17.3 Å². The van der Waals surface area contributed by atoms with E-state index < -0.39 is 0 Å². The van der Waals surface area contributed by atoms with Gasteiger partial charge in [0.1, 0.15) is 11.5 Å². The monoisotopic (exact) mass is 442 g/mol. The number of hydrogen-bond acceptors (Lipinski definition) is 8. The third-order valence-electron chi connectivity index (χ3n) is 4.12. The zero-order chi connectivity index (χ0) is 22.4. The number of thioether (sulfide) groups is 1. The van der Waals surface area contributed by atoms with Crippen LogP contribution in [0.4, 0.5) is 11.4 Å². The number of nitrogens with one attached hydrogen (secondary N) is 2. The van der Waals surface area contributed by atoms with Crippen LogP contribution in [0.1, 0.15) is 6.92 Å². The van der Waals surface area contributed by atoms with Crippen LogP contribution in [0.5, 0.6) is 11.5 Å². The molecule has 0 saturated heterocycles. The Morgan fingerprint density at radius 1 is 1.10 bits per heavy atom. The molecule has 3 aromatic rings. The summed E-state index contributed by atoms with van der Waals surface area (Å²) in [6, 6.07) is 12.2. The molecule has 4 N–H and O–H groups in total. The van der Waals surface area contributed by atoms with Gasteiger partial charge in [0.05, 0.1) is 25.7 Å². The van der Waals surface area contributed by atoms with E-state index in [1.807, 2.05) is 18.2 Å². The van der Waals surface area contributed by atoms with Gasteiger partial charge in [0.2, 0.25) is 17.0 Å². The molecule has 0 fully saturated rings. The van der Waals surface area contributed by atoms with Crippen molar-refractivity contribution in [2.24, 2.45) is 0 Å². The van der Waals surface area contributed by atoms with Gasteiger partial charge in [-0.05, 0) is 30.3 Å². The number of hydrogen-bond donors (Lipinski definition) is 3. The van der Waals surface area contributed by atoms with E-state index >= 15 is 0 Å². The normalized spacial score (nSPS) is 10.4. The van der Waals surface area contributed by atoms with Crippen molar-refractivity contribution in [3.63, 3.8) is 0 Å². The van der Waals surface area contributed by atoms with E-state index in [4.69, 9.17) is 15.3 Å². The number of rotatable bonds is 8. The van der Waals surface area contributed by atoms with Crippen molar-refractivity contribution in [2.45, 2.75) is 12.1 Å². The van der Waals surface area contributed by atoms with Gasteiger partial charge in [-0.15, -0.1) is 10.2 Å². The third kappa shape index (κ3) is 5.45. The number of nitrogens with two attached hydrogens (primary N) is 1. The fraction of sp³-hybridized carbons (Fsp3) is 0.200. The molecule has 0 spiro atoms. The molecule has 0 saturated carbocycles. The molecule has 2 amide bonds. The Morgan fingerprint density at radius 3 is 2.61 bits per heavy atom. The summed E-state index contributed by atoms with van der Waals surface area (Å²) in [5, 5.41) is 14.0. The van der Waals surface area contributed by atoms with E-state index in [2.05, 4.69) is 20.8 Å². The maximum atomic E-state index is 12.5. The molecule has 0 atom stereocenters. The summed E-state index contributed by atoms with van der Waals surface area (Å²) < 4.78 is 11.8. The molecule has 3 rings (SSSR count). The molecule has 1 aromatic heterocycles. The number of nitrogens with zero attached hydrogens (tertiary/aromatic N) is 3. The van der Waals surface area contributed by atoms with Crippen molar-refractivity contribution >= 4 is 35.0 Å². The van der Waals surface area contributed by atoms with Crippen molar-refractivity contribution < 1.29 is 19.1 Å². The van der Waals surface area contributed by atoms with Crippen LogP contribution in [0.3, 0.4) is 0 Å². The molecule has 0 aliphatic carbocycles. The van der Waals surface area contributed by atoms with Gasteiger partial charge in [-0.2, -0.15) is 0 Å². The summed E-state index contributed by atoms with van der Waals surface area (Å²) in [5.74, 6) is 7.23. The van der Waals surface area contributed by atoms with Gasteiger partial charge in [0.25, 0.3) is 0 Å². The molecule has 0 radical (unpaired) electrons. The first-order chi connectivity index (χ1) is 14.9. The molecule has 0 bridgehead atoms. The lowest BCUT2D eigenvalue weighted by atomic mass is 10.2. The Balaban J connectivity index is 1.68. The number of amides is 2. The van der Waals surface area contributed by atoms with E-state index in [0.29, 0.717) is 33.9 Å². The first-order valence-electron chi connectivity index (χ1n) is 9.14. The van der Waals surface area contributed by atoms with Crippen LogP contribution in [0.2, 0.25) is 0 Å². The van der Waals surface area contributed by atoms with Crippen LogP contribution in [-0.4, -0.2) is 46.7 Å². The molecule has 1 heterocycles. The topological polar surface area (TPSA) is 133 Å². The lowest BCUT2D eigenvalue weighted by Gasteiger charge is -2.12. The number of aromatic nitrogens is 3. The number of nitrogen functional groups attached to an aromatic ring is 1. The van der Waals surface area contributed by atoms with Gasteiger partial charge in [-0.1, -0.05) is 23.9 Å². The molecular weight excluding hydrogens is 420 g/mol. The summed E-state index contributed by atoms with van der Waals surface area (Å²) in [6.07, 6.45) is 0. The highest BCUT2D eigenvalue weighted by Gasteiger charge is 2.15. The highest BCUT2D eigenvalue weighted by Crippen LogP contribution is 2.29. The highest BCUT2D eigenvalue weighted by molar-refractivity contribution is 7.99. The maximum absolute atomic E-state index is 12.5. The number of benzene rings is 2. The van der Waals surface area contributed by atoms with Gasteiger partial charge >= 0.3 is 0 Å². The van der Waals surface area contributed by atoms with Crippen LogP contribution < -0.4 is 25.9 Å². The molecule has 11 heteroatoms. The van der Waals surface area contributed by atoms with E-state index in [1.54, 1.807) is 31.4 Å². The Bertz CT molecular complexity index is 1100. The zero-order valence-electron chi connectivity index (χ0n) is 17.2. The van der Waals surface area contributed by atoms with Gasteiger partial charge in [-0.25, -0.2) is 4.68 Å². The largest absolute Gasteiger partial charge is 0.497 e. The summed E-state index contributed by atoms with van der Waals surface area (Å²) in [5.41, 5.74) is 1.72. The van der Waals surface area contributed by atoms with Crippen molar-refractivity contribution in [2.75, 3.05) is 36.4 Å². The molecule has 2 aromatic carbocycles. The minimum atomic E-state index is -0.297. The first kappa shape index (κ1) is 22.0. The predicted octanol–water partition coefficient (Wildman–Crippen LogP) is 2.37. The molecule has 0 aliphatic rings. The quantitative estimate of drug-likeness (QED) is 0.358. The Hall–Kier alpha value is -3.73. The summed E-state index contributed by atoms with van der Waals surface area (Å²) in [4.78, 5) is 23.7. The van der Waals surface area contributed by atoms with Crippen molar-refractivity contribution in [3.8, 4) is 22.9 Å². The van der Waals surface area contributed by atoms with Crippen molar-refractivity contribution in [1.82, 2.24) is 14.9 Å². The Kier molecular flexibility index (Phi) is 6.98. The standard InChI is InChI=1S/C20H22N6O4S/c1-12(27)22-14-7-8-17(30-3)16(10-14)23-18(28)11-31-20-25-24-19(26(20)21)13-5-4-6-15(9-13)29-2/h4-10H,11,21H2,1-3H3,(H,22,27)(H,23,28). The number of ether oxygens (including phenoxy) is 2. The first-order valence-corrected chi connectivity index (χ1v) is 10.1. The summed E-state index contributed by atoms with van der Waals surface area (Å²) in [7, 11) is 3.07. The Labute approximate surface area is 183 Å². The second kappa shape index (κ2) is 9.85. The van der Waals surface area contributed by atoms with Gasteiger partial charge < -0.3 is 25.9 Å². The van der Waals surface area contributed by atoms with Gasteiger partial charge in [0.15, 0.2) is 5.82 Å². The van der Waals surface area contributed by atoms with Crippen LogP contribution in [0, 0.1) is 0 Å². The van der Waals surface area contributed by atoms with Crippen LogP contribution in [0.25, 0.3) is 11.4 Å². The number of methoxy groups -OCH3 is 2. The van der Waals surface area contributed by atoms with Crippen molar-refractivity contribution in [1.29, 1.82) is 0 Å². The fourth-order valence-corrected chi connectivity index (χ4v) is 3.39. The maximum Gasteiger partial charge on any atom is 0.234 e. The number of anilines is 2. The fourth-order valence-electron chi connectivity index (χ4n) is 2.74. The van der Waals surface area contributed by atoms with E-state index in [1.165, 1.54) is 18.7 Å². The number of carbonyl (C=O) groups is 2. The van der Waals surface area contributed by atoms with Crippen LogP contribution in [-0.2, 0) is 9.59 Å². The van der Waals surface area contributed by atoms with Crippen molar-refractivity contribution in [3.05, 3.63) is 42.5 Å². The predicted molar refractivity (Wildman–Crippen MR) is 119 cm³/mol. The van der Waals surface area contributed by atoms with E-state index in [9.17, 15) is 9.59 Å². The third-order valence-corrected chi connectivity index (χ3v) is 5.06. The SMILES string of the molecule is COc1cccc(-c2nnc(SCC(=O)Nc3cc(NC(C)=O)ccc3OC)n2N)c1. The van der Waals surface area contributed by atoms with Crippen LogP contribution >= 0.6 is 11.8 Å². The molecule has 31 heavy (non-hydrogen) atoms. The lowest BCUT2D eigenvalue weighted by Crippen LogP contribution is -2.17. The molecule has 0 unspecified atom stereocenters. The minimum Gasteiger partial charge on any atom is -0.497 e. The molecule has 162 valence electrons. The van der Waals surface area contributed by atoms with Gasteiger partial charge in [0, 0.05) is 18.2 Å². The second-order valence-electron chi connectivity index (χ2n) is 6.34. The molecular formula is C20H22N6O4S. The molecule has 10 nitrogen and oxygen atoms in total. The molecule has 0 aliphatic heterocycles. The lowest BCUT2D eigenvalue weighted by molar-refractivity contribution is -0.114. The smallest absolute Gasteiger partial charge is 0.234 e. The zero-order valence-corrected chi connectivity index (χ0v) is 18.0.